The maximum atomic E-state index is 12.5. The molecule has 0 amide bonds. The molecule has 10 nitrogen and oxygen atoms in total. The van der Waals surface area contributed by atoms with E-state index in [4.69, 9.17) is 4.74 Å². The molecule has 0 saturated heterocycles. The molecule has 0 aliphatic rings. The number of carboxylic acid groups (broad SMARTS) is 1. The van der Waals surface area contributed by atoms with E-state index in [1.165, 1.54) is 13.1 Å². The fourth-order valence-electron chi connectivity index (χ4n) is 3.22. The third kappa shape index (κ3) is 4.18. The van der Waals surface area contributed by atoms with Gasteiger partial charge in [0, 0.05) is 23.7 Å². The summed E-state index contributed by atoms with van der Waals surface area (Å²) in [5, 5.41) is 16.8. The molecule has 4 aromatic rings. The zero-order valence-corrected chi connectivity index (χ0v) is 17.6. The van der Waals surface area contributed by atoms with Crippen LogP contribution in [-0.4, -0.2) is 40.1 Å². The normalized spacial score (nSPS) is 11.1. The highest BCUT2D eigenvalue weighted by Crippen LogP contribution is 2.37. The first kappa shape index (κ1) is 21.1. The molecule has 2 heterocycles. The van der Waals surface area contributed by atoms with Gasteiger partial charge in [-0.15, -0.1) is 0 Å². The van der Waals surface area contributed by atoms with Crippen molar-refractivity contribution in [2.24, 2.45) is 7.05 Å². The van der Waals surface area contributed by atoms with Crippen LogP contribution < -0.4 is 15.6 Å². The smallest absolute Gasteiger partial charge is 0.352 e. The highest BCUT2D eigenvalue weighted by Gasteiger charge is 2.20. The molecule has 0 spiro atoms. The molecule has 164 valence electrons. The van der Waals surface area contributed by atoms with Crippen LogP contribution in [0, 0.1) is 0 Å². The number of carboxylic acids is 1. The predicted molar refractivity (Wildman–Crippen MR) is 119 cm³/mol. The number of H-pyrrole nitrogens is 1. The molecular weight excluding hydrogens is 436 g/mol. The van der Waals surface area contributed by atoms with Crippen molar-refractivity contribution >= 4 is 33.3 Å². The summed E-state index contributed by atoms with van der Waals surface area (Å²) in [6.07, 6.45) is 0. The van der Waals surface area contributed by atoms with Crippen LogP contribution in [0.3, 0.4) is 0 Å². The van der Waals surface area contributed by atoms with Gasteiger partial charge >= 0.3 is 5.97 Å². The highest BCUT2D eigenvalue weighted by atomic mass is 32.2. The second kappa shape index (κ2) is 8.55. The summed E-state index contributed by atoms with van der Waals surface area (Å²) in [6.45, 7) is 0. The lowest BCUT2D eigenvalue weighted by Crippen LogP contribution is -2.20. The van der Waals surface area contributed by atoms with Crippen molar-refractivity contribution < 1.29 is 23.1 Å². The van der Waals surface area contributed by atoms with Crippen molar-refractivity contribution in [2.75, 3.05) is 11.2 Å². The van der Waals surface area contributed by atoms with Crippen LogP contribution >= 0.6 is 0 Å². The van der Waals surface area contributed by atoms with Crippen molar-refractivity contribution in [1.82, 2.24) is 14.8 Å². The Morgan fingerprint density at radius 3 is 2.62 bits per heavy atom. The molecule has 0 radical (unpaired) electrons. The van der Waals surface area contributed by atoms with Gasteiger partial charge in [-0.05, 0) is 36.4 Å². The summed E-state index contributed by atoms with van der Waals surface area (Å²) >= 11 is 0. The number of anilines is 1. The van der Waals surface area contributed by atoms with E-state index in [1.807, 2.05) is 18.2 Å². The number of hydrogen-bond donors (Lipinski definition) is 4. The first-order chi connectivity index (χ1) is 15.3. The molecule has 3 N–H and O–H groups in total. The number of aromatic amines is 1. The number of rotatable bonds is 7. The maximum Gasteiger partial charge on any atom is 0.352 e. The zero-order chi connectivity index (χ0) is 22.8. The number of aryl methyl sites for hydroxylation is 1. The van der Waals surface area contributed by atoms with Crippen molar-refractivity contribution in [2.45, 2.75) is 0 Å². The van der Waals surface area contributed by atoms with Gasteiger partial charge in [-0.2, -0.15) is 5.10 Å². The largest absolute Gasteiger partial charge is 0.477 e. The number of aromatic carboxylic acids is 1. The molecule has 0 aliphatic heterocycles. The Labute approximate surface area is 183 Å². The Morgan fingerprint density at radius 1 is 1.19 bits per heavy atom. The van der Waals surface area contributed by atoms with E-state index >= 15 is 0 Å². The van der Waals surface area contributed by atoms with E-state index in [-0.39, 0.29) is 17.1 Å². The van der Waals surface area contributed by atoms with E-state index in [2.05, 4.69) is 15.4 Å². The standard InChI is InChI=1S/C21H18N4O6S/c1-25-20(26)19-15(10-16(23-19)21(27)28)18(24-25)14-9-12(22-11-32(29)30)7-8-17(14)31-13-5-3-2-4-6-13/h2-10,22-23,32H,11H2,1H3,(H,27,28). The van der Waals surface area contributed by atoms with E-state index in [0.717, 1.165) is 4.68 Å². The molecule has 0 fully saturated rings. The average molecular weight is 454 g/mol. The monoisotopic (exact) mass is 454 g/mol. The lowest BCUT2D eigenvalue weighted by Gasteiger charge is -2.14. The second-order valence-electron chi connectivity index (χ2n) is 6.85. The van der Waals surface area contributed by atoms with E-state index in [9.17, 15) is 23.1 Å². The van der Waals surface area contributed by atoms with E-state index in [1.54, 1.807) is 30.3 Å². The number of para-hydroxylation sites is 1. The van der Waals surface area contributed by atoms with Gasteiger partial charge in [-0.3, -0.25) is 4.79 Å². The topological polar surface area (TPSA) is 143 Å². The van der Waals surface area contributed by atoms with Gasteiger partial charge in [-0.1, -0.05) is 18.2 Å². The molecular formula is C21H18N4O6S. The number of fused-ring (bicyclic) bond motifs is 1. The Bertz CT molecular complexity index is 1450. The van der Waals surface area contributed by atoms with Crippen molar-refractivity contribution in [1.29, 1.82) is 0 Å². The number of carbonyl (C=O) groups is 1. The number of ether oxygens (including phenoxy) is 1. The summed E-state index contributed by atoms with van der Waals surface area (Å²) < 4.78 is 29.1. The second-order valence-corrected chi connectivity index (χ2v) is 7.83. The molecule has 11 heteroatoms. The summed E-state index contributed by atoms with van der Waals surface area (Å²) in [5.74, 6) is -0.543. The van der Waals surface area contributed by atoms with Gasteiger partial charge in [0.2, 0.25) is 0 Å². The molecule has 0 aliphatic carbocycles. The maximum absolute atomic E-state index is 12.5. The minimum absolute atomic E-state index is 0.0848. The number of aromatic nitrogens is 3. The average Bonchev–Trinajstić information content (AvgIpc) is 3.22. The molecule has 2 aromatic heterocycles. The van der Waals surface area contributed by atoms with Crippen molar-refractivity contribution in [3.8, 4) is 22.8 Å². The number of nitrogens with one attached hydrogen (secondary N) is 2. The van der Waals surface area contributed by atoms with Crippen LogP contribution in [0.2, 0.25) is 0 Å². The van der Waals surface area contributed by atoms with Gasteiger partial charge in [0.25, 0.3) is 5.56 Å². The third-order valence-corrected chi connectivity index (χ3v) is 5.10. The number of hydrogen-bond acceptors (Lipinski definition) is 7. The molecule has 0 atom stereocenters. The SMILES string of the molecule is Cn1nc(-c2cc(NC[SH](=O)=O)ccc2Oc2ccccc2)c2cc(C(=O)O)[nH]c2c1=O. The minimum Gasteiger partial charge on any atom is -0.477 e. The van der Waals surface area contributed by atoms with Gasteiger partial charge in [0.05, 0.1) is 0 Å². The van der Waals surface area contributed by atoms with Crippen molar-refractivity contribution in [3.63, 3.8) is 0 Å². The zero-order valence-electron chi connectivity index (χ0n) is 16.7. The third-order valence-electron chi connectivity index (χ3n) is 4.68. The Hall–Kier alpha value is -4.12. The Kier molecular flexibility index (Phi) is 5.65. The van der Waals surface area contributed by atoms with Crippen LogP contribution in [0.15, 0.2) is 59.4 Å². The first-order valence-electron chi connectivity index (χ1n) is 9.40. The van der Waals surface area contributed by atoms with E-state index in [0.29, 0.717) is 33.8 Å². The molecule has 4 rings (SSSR count). The van der Waals surface area contributed by atoms with Gasteiger partial charge in [0.15, 0.2) is 10.7 Å². The minimum atomic E-state index is -2.65. The lowest BCUT2D eigenvalue weighted by atomic mass is 10.1. The summed E-state index contributed by atoms with van der Waals surface area (Å²) in [6, 6.07) is 15.3. The van der Waals surface area contributed by atoms with Gasteiger partial charge in [-0.25, -0.2) is 17.9 Å². The van der Waals surface area contributed by atoms with Crippen LogP contribution in [0.5, 0.6) is 11.5 Å². The molecule has 0 bridgehead atoms. The predicted octanol–water partition coefficient (Wildman–Crippen LogP) is 2.40. The fourth-order valence-corrected chi connectivity index (χ4v) is 3.53. The van der Waals surface area contributed by atoms with E-state index < -0.39 is 22.2 Å². The van der Waals surface area contributed by atoms with Crippen LogP contribution in [0.25, 0.3) is 22.2 Å². The number of benzene rings is 2. The summed E-state index contributed by atoms with van der Waals surface area (Å²) in [4.78, 5) is 26.6. The number of nitrogens with zero attached hydrogens (tertiary/aromatic N) is 2. The Morgan fingerprint density at radius 2 is 1.94 bits per heavy atom. The highest BCUT2D eigenvalue weighted by molar-refractivity contribution is 7.72. The van der Waals surface area contributed by atoms with Crippen LogP contribution in [0.4, 0.5) is 5.69 Å². The molecule has 0 unspecified atom stereocenters. The molecule has 0 saturated carbocycles. The number of thiol groups is 1. The molecule has 32 heavy (non-hydrogen) atoms. The van der Waals surface area contributed by atoms with Crippen LogP contribution in [-0.2, 0) is 17.8 Å². The lowest BCUT2D eigenvalue weighted by molar-refractivity contribution is 0.0691. The molecule has 2 aromatic carbocycles. The van der Waals surface area contributed by atoms with Crippen LogP contribution in [0.1, 0.15) is 10.5 Å². The Balaban J connectivity index is 1.94. The first-order valence-corrected chi connectivity index (χ1v) is 10.8. The quantitative estimate of drug-likeness (QED) is 0.312. The van der Waals surface area contributed by atoms with Gasteiger partial charge < -0.3 is 20.1 Å². The van der Waals surface area contributed by atoms with Gasteiger partial charge in [0.1, 0.15) is 34.3 Å². The summed E-state index contributed by atoms with van der Waals surface area (Å²) in [5.41, 5.74) is 0.663. The fraction of sp³-hybridized carbons (Fsp3) is 0.0952. The van der Waals surface area contributed by atoms with Crippen molar-refractivity contribution in [3.05, 3.63) is 70.6 Å². The summed E-state index contributed by atoms with van der Waals surface area (Å²) in [7, 11) is -1.20.